The Morgan fingerprint density at radius 3 is 2.55 bits per heavy atom. The first-order valence-corrected chi connectivity index (χ1v) is 9.62. The molecule has 2 atom stereocenters. The zero-order chi connectivity index (χ0) is 20.4. The van der Waals surface area contributed by atoms with E-state index in [1.54, 1.807) is 12.1 Å². The lowest BCUT2D eigenvalue weighted by Crippen LogP contribution is -2.34. The van der Waals surface area contributed by atoms with E-state index in [0.29, 0.717) is 24.8 Å². The van der Waals surface area contributed by atoms with Gasteiger partial charge in [-0.2, -0.15) is 8.78 Å². The Morgan fingerprint density at radius 1 is 1.21 bits per heavy atom. The van der Waals surface area contributed by atoms with Crippen LogP contribution in [0.3, 0.4) is 0 Å². The Hall–Kier alpha value is -2.74. The fraction of sp³-hybridized carbons (Fsp3) is 0.429. The number of carboxylic acids is 1. The predicted molar refractivity (Wildman–Crippen MR) is 102 cm³/mol. The number of aromatic nitrogens is 1. The van der Waals surface area contributed by atoms with Crippen LogP contribution in [0.2, 0.25) is 0 Å². The van der Waals surface area contributed by atoms with Crippen LogP contribution in [0.5, 0.6) is 5.88 Å². The van der Waals surface area contributed by atoms with Gasteiger partial charge in [0.05, 0.1) is 24.8 Å². The predicted octanol–water partition coefficient (Wildman–Crippen LogP) is 3.92. The summed E-state index contributed by atoms with van der Waals surface area (Å²) in [4.78, 5) is 17.3. The summed E-state index contributed by atoms with van der Waals surface area (Å²) in [5.41, 5.74) is 2.12. The molecule has 154 valence electrons. The Bertz CT molecular complexity index is 841. The van der Waals surface area contributed by atoms with Gasteiger partial charge in [-0.1, -0.05) is 6.07 Å². The van der Waals surface area contributed by atoms with Gasteiger partial charge in [0.1, 0.15) is 6.10 Å². The maximum Gasteiger partial charge on any atom is 0.345 e. The summed E-state index contributed by atoms with van der Waals surface area (Å²) in [6.45, 7) is -2.52. The topological polar surface area (TPSA) is 71.9 Å². The minimum atomic E-state index is -2.84. The highest BCUT2D eigenvalue weighted by atomic mass is 19.3. The average Bonchev–Trinajstić information content (AvgIpc) is 3.48. The highest BCUT2D eigenvalue weighted by Crippen LogP contribution is 2.40. The van der Waals surface area contributed by atoms with E-state index in [2.05, 4.69) is 9.72 Å². The van der Waals surface area contributed by atoms with Crippen molar-refractivity contribution >= 4 is 11.7 Å². The number of nitrogens with zero attached hydrogens (tertiary/aromatic N) is 2. The number of hydrogen-bond donors (Lipinski definition) is 1. The molecule has 2 aliphatic rings. The molecule has 1 aromatic carbocycles. The maximum atomic E-state index is 12.6. The molecule has 1 aliphatic heterocycles. The largest absolute Gasteiger partial charge is 0.478 e. The van der Waals surface area contributed by atoms with Gasteiger partial charge in [-0.05, 0) is 48.6 Å². The van der Waals surface area contributed by atoms with Gasteiger partial charge in [0, 0.05) is 24.4 Å². The number of carbonyl (C=O) groups is 1. The molecule has 1 saturated carbocycles. The van der Waals surface area contributed by atoms with Crippen LogP contribution in [0.1, 0.15) is 41.1 Å². The van der Waals surface area contributed by atoms with Crippen molar-refractivity contribution < 1.29 is 28.2 Å². The van der Waals surface area contributed by atoms with E-state index in [4.69, 9.17) is 9.84 Å². The summed E-state index contributed by atoms with van der Waals surface area (Å²) in [5.74, 6) is 0.108. The van der Waals surface area contributed by atoms with Gasteiger partial charge in [-0.3, -0.25) is 0 Å². The molecule has 8 heteroatoms. The van der Waals surface area contributed by atoms with Gasteiger partial charge in [-0.15, -0.1) is 0 Å². The quantitative estimate of drug-likeness (QED) is 0.719. The van der Waals surface area contributed by atoms with Gasteiger partial charge in [-0.25, -0.2) is 9.78 Å². The monoisotopic (exact) mass is 404 g/mol. The van der Waals surface area contributed by atoms with E-state index >= 15 is 0 Å². The third kappa shape index (κ3) is 4.82. The molecule has 0 spiro atoms. The van der Waals surface area contributed by atoms with Crippen molar-refractivity contribution in [2.75, 3.05) is 18.1 Å². The molecule has 0 unspecified atom stereocenters. The Morgan fingerprint density at radius 2 is 1.97 bits per heavy atom. The SMILES string of the molecule is O=C(O)c1ccc(N2C[C@@H](Oc3ccc(C4CC4)cn3)C[C@H]2COC(F)F)cc1. The van der Waals surface area contributed by atoms with E-state index in [1.165, 1.54) is 30.5 Å². The number of hydrogen-bond acceptors (Lipinski definition) is 5. The number of anilines is 1. The molecule has 6 nitrogen and oxygen atoms in total. The van der Waals surface area contributed by atoms with Crippen LogP contribution in [-0.2, 0) is 4.74 Å². The summed E-state index contributed by atoms with van der Waals surface area (Å²) in [5, 5.41) is 9.06. The van der Waals surface area contributed by atoms with Gasteiger partial charge >= 0.3 is 12.6 Å². The van der Waals surface area contributed by atoms with E-state index < -0.39 is 12.6 Å². The van der Waals surface area contributed by atoms with Crippen LogP contribution >= 0.6 is 0 Å². The smallest absolute Gasteiger partial charge is 0.345 e. The summed E-state index contributed by atoms with van der Waals surface area (Å²) in [6, 6.07) is 9.89. The Kier molecular flexibility index (Phi) is 5.62. The number of benzene rings is 1. The van der Waals surface area contributed by atoms with Crippen LogP contribution in [0.15, 0.2) is 42.6 Å². The summed E-state index contributed by atoms with van der Waals surface area (Å²) < 4.78 is 35.7. The molecular weight excluding hydrogens is 382 g/mol. The first-order chi connectivity index (χ1) is 14.0. The standard InChI is InChI=1S/C21H22F2N2O4/c22-21(23)28-12-17-9-18(29-19-8-5-15(10-24-19)13-1-2-13)11-25(17)16-6-3-14(4-7-16)20(26)27/h3-8,10,13,17-18,21H,1-2,9,11-12H2,(H,26,27)/t17-,18-/m0/s1. The third-order valence-corrected chi connectivity index (χ3v) is 5.33. The second-order valence-corrected chi connectivity index (χ2v) is 7.43. The highest BCUT2D eigenvalue weighted by Gasteiger charge is 2.35. The molecule has 2 fully saturated rings. The highest BCUT2D eigenvalue weighted by molar-refractivity contribution is 5.88. The van der Waals surface area contributed by atoms with Crippen molar-refractivity contribution in [2.24, 2.45) is 0 Å². The molecule has 1 N–H and O–H groups in total. The number of alkyl halides is 2. The minimum Gasteiger partial charge on any atom is -0.478 e. The lowest BCUT2D eigenvalue weighted by molar-refractivity contribution is -0.131. The first kappa shape index (κ1) is 19.6. The normalized spacial score (nSPS) is 21.6. The lowest BCUT2D eigenvalue weighted by Gasteiger charge is -2.26. The second-order valence-electron chi connectivity index (χ2n) is 7.43. The van der Waals surface area contributed by atoms with Crippen molar-refractivity contribution in [2.45, 2.75) is 43.9 Å². The lowest BCUT2D eigenvalue weighted by atomic mass is 10.1. The molecule has 2 aromatic rings. The minimum absolute atomic E-state index is 0.147. The van der Waals surface area contributed by atoms with Crippen molar-refractivity contribution in [1.29, 1.82) is 0 Å². The molecule has 1 aliphatic carbocycles. The summed E-state index contributed by atoms with van der Waals surface area (Å²) in [6.07, 6.45) is 4.50. The van der Waals surface area contributed by atoms with Crippen LogP contribution in [0.25, 0.3) is 0 Å². The molecule has 0 amide bonds. The summed E-state index contributed by atoms with van der Waals surface area (Å²) in [7, 11) is 0. The van der Waals surface area contributed by atoms with E-state index in [9.17, 15) is 13.6 Å². The third-order valence-electron chi connectivity index (χ3n) is 5.33. The van der Waals surface area contributed by atoms with Gasteiger partial charge in [0.2, 0.25) is 5.88 Å². The summed E-state index contributed by atoms with van der Waals surface area (Å²) >= 11 is 0. The molecule has 2 heterocycles. The average molecular weight is 404 g/mol. The number of carboxylic acid groups (broad SMARTS) is 1. The zero-order valence-electron chi connectivity index (χ0n) is 15.7. The number of rotatable bonds is 8. The van der Waals surface area contributed by atoms with E-state index in [-0.39, 0.29) is 24.3 Å². The van der Waals surface area contributed by atoms with Gasteiger partial charge in [0.25, 0.3) is 0 Å². The van der Waals surface area contributed by atoms with Gasteiger partial charge < -0.3 is 19.5 Å². The molecule has 1 aromatic heterocycles. The number of pyridine rings is 1. The molecule has 0 radical (unpaired) electrons. The van der Waals surface area contributed by atoms with Crippen LogP contribution in [0.4, 0.5) is 14.5 Å². The molecular formula is C21H22F2N2O4. The number of halogens is 2. The fourth-order valence-electron chi connectivity index (χ4n) is 3.70. The van der Waals surface area contributed by atoms with E-state index in [1.807, 2.05) is 23.2 Å². The Labute approximate surface area is 167 Å². The van der Waals surface area contributed by atoms with Crippen molar-refractivity contribution in [1.82, 2.24) is 4.98 Å². The number of aromatic carboxylic acids is 1. The van der Waals surface area contributed by atoms with Crippen molar-refractivity contribution in [3.63, 3.8) is 0 Å². The molecule has 29 heavy (non-hydrogen) atoms. The van der Waals surface area contributed by atoms with E-state index in [0.717, 1.165) is 5.69 Å². The van der Waals surface area contributed by atoms with Gasteiger partial charge in [0.15, 0.2) is 0 Å². The molecule has 4 rings (SSSR count). The van der Waals surface area contributed by atoms with Crippen LogP contribution in [0, 0.1) is 0 Å². The molecule has 1 saturated heterocycles. The maximum absolute atomic E-state index is 12.6. The zero-order valence-corrected chi connectivity index (χ0v) is 15.7. The van der Waals surface area contributed by atoms with Crippen molar-refractivity contribution in [3.05, 3.63) is 53.7 Å². The van der Waals surface area contributed by atoms with Crippen LogP contribution < -0.4 is 9.64 Å². The number of ether oxygens (including phenoxy) is 2. The van der Waals surface area contributed by atoms with Crippen molar-refractivity contribution in [3.8, 4) is 5.88 Å². The fourth-order valence-corrected chi connectivity index (χ4v) is 3.70. The second kappa shape index (κ2) is 8.32. The first-order valence-electron chi connectivity index (χ1n) is 9.62. The Balaban J connectivity index is 1.45. The van der Waals surface area contributed by atoms with Crippen LogP contribution in [-0.4, -0.2) is 48.0 Å². The molecule has 0 bridgehead atoms.